The van der Waals surface area contributed by atoms with E-state index in [0.717, 1.165) is 47.8 Å². The minimum absolute atomic E-state index is 0.0350. The fourth-order valence-corrected chi connectivity index (χ4v) is 4.45. The summed E-state index contributed by atoms with van der Waals surface area (Å²) in [7, 11) is 3.68. The molecule has 1 fully saturated rings. The Morgan fingerprint density at radius 1 is 1.06 bits per heavy atom. The predicted octanol–water partition coefficient (Wildman–Crippen LogP) is 4.14. The van der Waals surface area contributed by atoms with Gasteiger partial charge in [0.05, 0.1) is 6.04 Å². The van der Waals surface area contributed by atoms with Gasteiger partial charge in [0.15, 0.2) is 11.6 Å². The Labute approximate surface area is 190 Å². The second-order valence-electron chi connectivity index (χ2n) is 8.14. The van der Waals surface area contributed by atoms with Crippen LogP contribution < -0.4 is 10.5 Å². The van der Waals surface area contributed by atoms with Crippen molar-refractivity contribution in [2.45, 2.75) is 25.8 Å². The van der Waals surface area contributed by atoms with Crippen molar-refractivity contribution in [3.05, 3.63) is 69.2 Å². The molecule has 32 heavy (non-hydrogen) atoms. The fourth-order valence-electron chi connectivity index (χ4n) is 4.26. The largest absolute Gasteiger partial charge is 0.356 e. The predicted molar refractivity (Wildman–Crippen MR) is 123 cm³/mol. The number of aromatic nitrogens is 5. The van der Waals surface area contributed by atoms with Crippen molar-refractivity contribution in [2.24, 2.45) is 14.1 Å². The van der Waals surface area contributed by atoms with Crippen LogP contribution in [0.4, 0.5) is 5.95 Å². The molecule has 5 rings (SSSR count). The Morgan fingerprint density at radius 2 is 1.91 bits per heavy atom. The molecule has 0 radical (unpaired) electrons. The molecule has 1 aromatic carbocycles. The molecule has 0 bridgehead atoms. The average Bonchev–Trinajstić information content (AvgIpc) is 3.50. The molecule has 3 aromatic heterocycles. The summed E-state index contributed by atoms with van der Waals surface area (Å²) in [5.74, 6) is 2.09. The molecule has 0 unspecified atom stereocenters. The molecule has 164 valence electrons. The third-order valence-electron chi connectivity index (χ3n) is 6.10. The SMILES string of the molecule is Cc1cc(-c2nnc(N3CCC[C@@H]3c3cc(-c4cccc(Cl)c4)on3)n2C)cc(=O)n1C. The Balaban J connectivity index is 1.47. The Hall–Kier alpha value is -3.39. The zero-order valence-electron chi connectivity index (χ0n) is 18.1. The third kappa shape index (κ3) is 3.50. The van der Waals surface area contributed by atoms with E-state index in [0.29, 0.717) is 16.6 Å². The van der Waals surface area contributed by atoms with E-state index in [9.17, 15) is 4.79 Å². The maximum atomic E-state index is 12.3. The number of anilines is 1. The smallest absolute Gasteiger partial charge is 0.251 e. The number of nitrogens with zero attached hydrogens (tertiary/aromatic N) is 6. The van der Waals surface area contributed by atoms with Crippen LogP contribution in [0.3, 0.4) is 0 Å². The second kappa shape index (κ2) is 7.94. The van der Waals surface area contributed by atoms with E-state index in [1.807, 2.05) is 54.9 Å². The fraction of sp³-hybridized carbons (Fsp3) is 0.304. The first-order valence-corrected chi connectivity index (χ1v) is 10.9. The van der Waals surface area contributed by atoms with Crippen molar-refractivity contribution in [1.82, 2.24) is 24.5 Å². The van der Waals surface area contributed by atoms with Crippen molar-refractivity contribution in [1.29, 1.82) is 0 Å². The molecular weight excluding hydrogens is 428 g/mol. The van der Waals surface area contributed by atoms with Gasteiger partial charge >= 0.3 is 0 Å². The molecule has 9 heteroatoms. The van der Waals surface area contributed by atoms with E-state index in [4.69, 9.17) is 16.1 Å². The highest BCUT2D eigenvalue weighted by Gasteiger charge is 2.32. The first-order valence-electron chi connectivity index (χ1n) is 10.5. The second-order valence-corrected chi connectivity index (χ2v) is 8.58. The van der Waals surface area contributed by atoms with Gasteiger partial charge in [0.25, 0.3) is 5.56 Å². The standard InChI is InChI=1S/C23H23ClN6O2/c1-14-10-16(12-21(31)28(14)2)22-25-26-23(29(22)3)30-9-5-8-19(30)18-13-20(32-27-18)15-6-4-7-17(24)11-15/h4,6-7,10-13,19H,5,8-9H2,1-3H3/t19-/m1/s1. The van der Waals surface area contributed by atoms with Gasteiger partial charge in [0.1, 0.15) is 5.69 Å². The van der Waals surface area contributed by atoms with Gasteiger partial charge < -0.3 is 14.0 Å². The zero-order chi connectivity index (χ0) is 22.4. The molecule has 0 saturated carbocycles. The van der Waals surface area contributed by atoms with Crippen LogP contribution in [0.15, 0.2) is 51.8 Å². The molecular formula is C23H23ClN6O2. The van der Waals surface area contributed by atoms with Crippen LogP contribution in [0.5, 0.6) is 0 Å². The van der Waals surface area contributed by atoms with Gasteiger partial charge in [0.2, 0.25) is 5.95 Å². The molecule has 4 heterocycles. The number of hydrogen-bond donors (Lipinski definition) is 0. The highest BCUT2D eigenvalue weighted by atomic mass is 35.5. The normalized spacial score (nSPS) is 16.1. The summed E-state index contributed by atoms with van der Waals surface area (Å²) in [4.78, 5) is 14.5. The first kappa shape index (κ1) is 20.5. The van der Waals surface area contributed by atoms with Crippen LogP contribution in [0.1, 0.15) is 30.3 Å². The molecule has 1 aliphatic rings. The van der Waals surface area contributed by atoms with E-state index in [1.54, 1.807) is 17.7 Å². The van der Waals surface area contributed by atoms with Crippen LogP contribution in [-0.2, 0) is 14.1 Å². The van der Waals surface area contributed by atoms with Crippen LogP contribution >= 0.6 is 11.6 Å². The molecule has 0 N–H and O–H groups in total. The Morgan fingerprint density at radius 3 is 2.69 bits per heavy atom. The Bertz CT molecular complexity index is 1350. The highest BCUT2D eigenvalue weighted by molar-refractivity contribution is 6.30. The van der Waals surface area contributed by atoms with Gasteiger partial charge in [-0.25, -0.2) is 0 Å². The van der Waals surface area contributed by atoms with Crippen molar-refractivity contribution in [3.8, 4) is 22.7 Å². The monoisotopic (exact) mass is 450 g/mol. The lowest BCUT2D eigenvalue weighted by Gasteiger charge is -2.23. The summed E-state index contributed by atoms with van der Waals surface area (Å²) in [5, 5.41) is 13.9. The zero-order valence-corrected chi connectivity index (χ0v) is 18.9. The summed E-state index contributed by atoms with van der Waals surface area (Å²) in [6.45, 7) is 2.74. The molecule has 1 atom stereocenters. The highest BCUT2D eigenvalue weighted by Crippen LogP contribution is 2.37. The van der Waals surface area contributed by atoms with Crippen LogP contribution in [0.25, 0.3) is 22.7 Å². The summed E-state index contributed by atoms with van der Waals surface area (Å²) >= 11 is 6.12. The summed E-state index contributed by atoms with van der Waals surface area (Å²) in [5.41, 5.74) is 3.30. The van der Waals surface area contributed by atoms with E-state index in [-0.39, 0.29) is 11.6 Å². The molecule has 8 nitrogen and oxygen atoms in total. The lowest BCUT2D eigenvalue weighted by Crippen LogP contribution is -2.25. The van der Waals surface area contributed by atoms with Crippen LogP contribution in [0.2, 0.25) is 5.02 Å². The minimum Gasteiger partial charge on any atom is -0.356 e. The van der Waals surface area contributed by atoms with E-state index in [1.165, 1.54) is 0 Å². The number of rotatable bonds is 4. The van der Waals surface area contributed by atoms with Crippen LogP contribution in [-0.4, -0.2) is 31.0 Å². The molecule has 1 aliphatic heterocycles. The van der Waals surface area contributed by atoms with Crippen molar-refractivity contribution in [2.75, 3.05) is 11.4 Å². The van der Waals surface area contributed by atoms with Crippen LogP contribution in [0, 0.1) is 6.92 Å². The number of halogens is 1. The lowest BCUT2D eigenvalue weighted by atomic mass is 10.1. The lowest BCUT2D eigenvalue weighted by molar-refractivity contribution is 0.416. The first-order chi connectivity index (χ1) is 15.4. The van der Waals surface area contributed by atoms with Crippen molar-refractivity contribution < 1.29 is 4.52 Å². The van der Waals surface area contributed by atoms with Gasteiger partial charge in [0, 0.05) is 54.6 Å². The topological polar surface area (TPSA) is 82.0 Å². The summed E-state index contributed by atoms with van der Waals surface area (Å²) in [6, 6.07) is 13.1. The van der Waals surface area contributed by atoms with Crippen molar-refractivity contribution >= 4 is 17.5 Å². The minimum atomic E-state index is -0.0697. The Kier molecular flexibility index (Phi) is 5.09. The molecule has 0 amide bonds. The number of hydrogen-bond acceptors (Lipinski definition) is 6. The average molecular weight is 451 g/mol. The van der Waals surface area contributed by atoms with Gasteiger partial charge in [-0.2, -0.15) is 0 Å². The quantitative estimate of drug-likeness (QED) is 0.464. The van der Waals surface area contributed by atoms with E-state index >= 15 is 0 Å². The maximum absolute atomic E-state index is 12.3. The van der Waals surface area contributed by atoms with Gasteiger partial charge in [-0.3, -0.25) is 9.36 Å². The van der Waals surface area contributed by atoms with Gasteiger partial charge in [-0.1, -0.05) is 28.9 Å². The molecule has 0 spiro atoms. The number of pyridine rings is 1. The molecule has 0 aliphatic carbocycles. The van der Waals surface area contributed by atoms with E-state index < -0.39 is 0 Å². The van der Waals surface area contributed by atoms with E-state index in [2.05, 4.69) is 20.3 Å². The molecule has 4 aromatic rings. The summed E-state index contributed by atoms with van der Waals surface area (Å²) < 4.78 is 9.17. The third-order valence-corrected chi connectivity index (χ3v) is 6.34. The number of benzene rings is 1. The van der Waals surface area contributed by atoms with Gasteiger partial charge in [-0.15, -0.1) is 10.2 Å². The summed E-state index contributed by atoms with van der Waals surface area (Å²) in [6.07, 6.45) is 1.95. The van der Waals surface area contributed by atoms with Gasteiger partial charge in [-0.05, 0) is 38.0 Å². The number of aryl methyl sites for hydroxylation is 1. The maximum Gasteiger partial charge on any atom is 0.251 e. The van der Waals surface area contributed by atoms with Crippen molar-refractivity contribution in [3.63, 3.8) is 0 Å². The molecule has 1 saturated heterocycles.